The summed E-state index contributed by atoms with van der Waals surface area (Å²) in [6.07, 6.45) is -1.32. The van der Waals surface area contributed by atoms with Crippen LogP contribution in [-0.4, -0.2) is 0 Å². The van der Waals surface area contributed by atoms with Crippen molar-refractivity contribution in [2.45, 2.75) is 6.17 Å². The van der Waals surface area contributed by atoms with Crippen LogP contribution in [0.15, 0.2) is 42.5 Å². The number of rotatable bonds is 0. The molecule has 0 aromatic heterocycles. The first-order valence-corrected chi connectivity index (χ1v) is 4.81. The lowest BCUT2D eigenvalue weighted by Crippen LogP contribution is -1.91. The zero-order valence-corrected chi connectivity index (χ0v) is 7.87. The third kappa shape index (κ3) is 1.05. The molecule has 1 aliphatic rings. The molecule has 2 heteroatoms. The van der Waals surface area contributed by atoms with Crippen LogP contribution in [0.3, 0.4) is 0 Å². The van der Waals surface area contributed by atoms with Crippen LogP contribution in [0.5, 0.6) is 0 Å². The normalized spacial score (nSPS) is 17.3. The van der Waals surface area contributed by atoms with Crippen molar-refractivity contribution in [1.29, 1.82) is 0 Å². The fourth-order valence-electron chi connectivity index (χ4n) is 2.15. The average Bonchev–Trinajstić information content (AvgIpc) is 2.55. The largest absolute Gasteiger partial charge is 0.237 e. The molecule has 3 rings (SSSR count). The molecule has 0 fully saturated rings. The zero-order chi connectivity index (χ0) is 10.4. The number of hydrogen-bond donors (Lipinski definition) is 0. The predicted octanol–water partition coefficient (Wildman–Crippen LogP) is 3.87. The van der Waals surface area contributed by atoms with Gasteiger partial charge in [0.1, 0.15) is 5.82 Å². The van der Waals surface area contributed by atoms with Crippen LogP contribution in [-0.2, 0) is 0 Å². The Labute approximate surface area is 86.2 Å². The van der Waals surface area contributed by atoms with E-state index in [1.165, 1.54) is 6.07 Å². The molecule has 74 valence electrons. The maximum absolute atomic E-state index is 13.9. The molecule has 0 saturated carbocycles. The van der Waals surface area contributed by atoms with Crippen LogP contribution in [0.4, 0.5) is 8.78 Å². The second-order valence-electron chi connectivity index (χ2n) is 3.65. The molecule has 0 radical (unpaired) electrons. The Hall–Kier alpha value is -1.70. The van der Waals surface area contributed by atoms with Crippen molar-refractivity contribution in [3.05, 3.63) is 59.4 Å². The minimum absolute atomic E-state index is 0.179. The smallest absolute Gasteiger partial charge is 0.154 e. The van der Waals surface area contributed by atoms with E-state index in [1.807, 2.05) is 12.1 Å². The first-order valence-electron chi connectivity index (χ1n) is 4.81. The van der Waals surface area contributed by atoms with Gasteiger partial charge in [-0.3, -0.25) is 0 Å². The van der Waals surface area contributed by atoms with Crippen molar-refractivity contribution in [1.82, 2.24) is 0 Å². The van der Waals surface area contributed by atoms with Gasteiger partial charge in [-0.2, -0.15) is 0 Å². The topological polar surface area (TPSA) is 0 Å². The highest BCUT2D eigenvalue weighted by Gasteiger charge is 2.30. The SMILES string of the molecule is Fc1cccc2c1C(F)c1ccccc1-2. The number of benzene rings is 2. The molecule has 0 nitrogen and oxygen atoms in total. The highest BCUT2D eigenvalue weighted by Crippen LogP contribution is 2.46. The number of alkyl halides is 1. The van der Waals surface area contributed by atoms with Crippen molar-refractivity contribution in [2.75, 3.05) is 0 Å². The third-order valence-electron chi connectivity index (χ3n) is 2.83. The summed E-state index contributed by atoms with van der Waals surface area (Å²) in [5, 5.41) is 0. The Morgan fingerprint density at radius 3 is 2.47 bits per heavy atom. The Balaban J connectivity index is 2.37. The summed E-state index contributed by atoms with van der Waals surface area (Å²) < 4.78 is 27.4. The van der Waals surface area contributed by atoms with E-state index in [9.17, 15) is 8.78 Å². The predicted molar refractivity (Wildman–Crippen MR) is 54.8 cm³/mol. The average molecular weight is 202 g/mol. The standard InChI is InChI=1S/C13H8F2/c14-11-7-3-6-9-8-4-1-2-5-10(8)13(15)12(9)11/h1-7,13H. The summed E-state index contributed by atoms with van der Waals surface area (Å²) in [7, 11) is 0. The molecule has 0 amide bonds. The van der Waals surface area contributed by atoms with Gasteiger partial charge in [0.2, 0.25) is 0 Å². The van der Waals surface area contributed by atoms with Gasteiger partial charge < -0.3 is 0 Å². The molecule has 1 unspecified atom stereocenters. The number of halogens is 2. The molecule has 1 atom stereocenters. The maximum atomic E-state index is 13.9. The summed E-state index contributed by atoms with van der Waals surface area (Å²) >= 11 is 0. The van der Waals surface area contributed by atoms with Gasteiger partial charge in [-0.05, 0) is 22.8 Å². The van der Waals surface area contributed by atoms with E-state index in [2.05, 4.69) is 0 Å². The van der Waals surface area contributed by atoms with E-state index in [0.717, 1.165) is 5.56 Å². The summed E-state index contributed by atoms with van der Waals surface area (Å²) in [6.45, 7) is 0. The van der Waals surface area contributed by atoms with Crippen LogP contribution >= 0.6 is 0 Å². The molecule has 0 bridgehead atoms. The molecule has 1 aliphatic carbocycles. The van der Waals surface area contributed by atoms with Crippen LogP contribution < -0.4 is 0 Å². The molecule has 0 heterocycles. The molecule has 0 N–H and O–H groups in total. The van der Waals surface area contributed by atoms with Crippen molar-refractivity contribution < 1.29 is 8.78 Å². The Kier molecular flexibility index (Phi) is 1.66. The number of hydrogen-bond acceptors (Lipinski definition) is 0. The third-order valence-corrected chi connectivity index (χ3v) is 2.83. The fourth-order valence-corrected chi connectivity index (χ4v) is 2.15. The van der Waals surface area contributed by atoms with Crippen LogP contribution in [0.25, 0.3) is 11.1 Å². The molecular weight excluding hydrogens is 194 g/mol. The van der Waals surface area contributed by atoms with Crippen LogP contribution in [0.1, 0.15) is 17.3 Å². The highest BCUT2D eigenvalue weighted by atomic mass is 19.1. The summed E-state index contributed by atoms with van der Waals surface area (Å²) in [6, 6.07) is 11.8. The zero-order valence-electron chi connectivity index (χ0n) is 7.87. The van der Waals surface area contributed by atoms with Crippen molar-refractivity contribution in [3.63, 3.8) is 0 Å². The molecule has 2 aromatic carbocycles. The van der Waals surface area contributed by atoms with Crippen LogP contribution in [0, 0.1) is 5.82 Å². The molecule has 0 aliphatic heterocycles. The highest BCUT2D eigenvalue weighted by molar-refractivity contribution is 5.78. The minimum atomic E-state index is -1.32. The molecule has 0 spiro atoms. The van der Waals surface area contributed by atoms with E-state index >= 15 is 0 Å². The summed E-state index contributed by atoms with van der Waals surface area (Å²) in [5.74, 6) is -0.462. The Morgan fingerprint density at radius 2 is 1.60 bits per heavy atom. The van der Waals surface area contributed by atoms with Gasteiger partial charge in [0, 0.05) is 5.56 Å². The minimum Gasteiger partial charge on any atom is -0.237 e. The lowest BCUT2D eigenvalue weighted by atomic mass is 10.1. The molecule has 2 aromatic rings. The first kappa shape index (κ1) is 8.60. The molecule has 0 saturated heterocycles. The van der Waals surface area contributed by atoms with E-state index in [0.29, 0.717) is 11.1 Å². The van der Waals surface area contributed by atoms with Crippen molar-refractivity contribution >= 4 is 0 Å². The van der Waals surface area contributed by atoms with Crippen molar-refractivity contribution in [2.24, 2.45) is 0 Å². The van der Waals surface area contributed by atoms with E-state index in [-0.39, 0.29) is 5.56 Å². The van der Waals surface area contributed by atoms with Gasteiger partial charge in [-0.15, -0.1) is 0 Å². The second kappa shape index (κ2) is 2.89. The van der Waals surface area contributed by atoms with Gasteiger partial charge in [0.25, 0.3) is 0 Å². The van der Waals surface area contributed by atoms with Gasteiger partial charge >= 0.3 is 0 Å². The fraction of sp³-hybridized carbons (Fsp3) is 0.0769. The summed E-state index contributed by atoms with van der Waals surface area (Å²) in [5.41, 5.74) is 2.23. The van der Waals surface area contributed by atoms with Crippen molar-refractivity contribution in [3.8, 4) is 11.1 Å². The van der Waals surface area contributed by atoms with E-state index < -0.39 is 12.0 Å². The molecular formula is C13H8F2. The van der Waals surface area contributed by atoms with E-state index in [4.69, 9.17) is 0 Å². The first-order chi connectivity index (χ1) is 7.29. The van der Waals surface area contributed by atoms with E-state index in [1.54, 1.807) is 24.3 Å². The van der Waals surface area contributed by atoms with Gasteiger partial charge in [-0.1, -0.05) is 36.4 Å². The lowest BCUT2D eigenvalue weighted by Gasteiger charge is -2.02. The maximum Gasteiger partial charge on any atom is 0.154 e. The lowest BCUT2D eigenvalue weighted by molar-refractivity contribution is 0.396. The van der Waals surface area contributed by atoms with Crippen LogP contribution in [0.2, 0.25) is 0 Å². The Morgan fingerprint density at radius 1 is 0.867 bits per heavy atom. The second-order valence-corrected chi connectivity index (χ2v) is 3.65. The van der Waals surface area contributed by atoms with Gasteiger partial charge in [0.15, 0.2) is 6.17 Å². The quantitative estimate of drug-likeness (QED) is 0.608. The van der Waals surface area contributed by atoms with Gasteiger partial charge in [-0.25, -0.2) is 8.78 Å². The molecule has 15 heavy (non-hydrogen) atoms. The monoisotopic (exact) mass is 202 g/mol. The van der Waals surface area contributed by atoms with Gasteiger partial charge in [0.05, 0.1) is 0 Å². The number of fused-ring (bicyclic) bond motifs is 3. The summed E-state index contributed by atoms with van der Waals surface area (Å²) in [4.78, 5) is 0. The Bertz CT molecular complexity index is 532.